The molecule has 3 amide bonds. The minimum Gasteiger partial charge on any atom is -0.335 e. The van der Waals surface area contributed by atoms with Crippen molar-refractivity contribution in [1.29, 1.82) is 0 Å². The second-order valence-corrected chi connectivity index (χ2v) is 8.00. The summed E-state index contributed by atoms with van der Waals surface area (Å²) >= 11 is 5.70. The van der Waals surface area contributed by atoms with Gasteiger partial charge < -0.3 is 20.4 Å². The second-order valence-electron chi connectivity index (χ2n) is 7.59. The fourth-order valence-corrected chi connectivity index (χ4v) is 4.07. The van der Waals surface area contributed by atoms with Gasteiger partial charge in [0.1, 0.15) is 11.9 Å². The zero-order valence-corrected chi connectivity index (χ0v) is 15.8. The number of carbonyl (C=O) groups is 2. The number of nitrogens with one attached hydrogen (secondary N) is 2. The second kappa shape index (κ2) is 7.64. The molecule has 2 heterocycles. The van der Waals surface area contributed by atoms with E-state index in [4.69, 9.17) is 11.6 Å². The van der Waals surface area contributed by atoms with E-state index in [1.807, 2.05) is 0 Å². The summed E-state index contributed by atoms with van der Waals surface area (Å²) in [5, 5.41) is 5.79. The zero-order chi connectivity index (χ0) is 19.0. The van der Waals surface area contributed by atoms with Gasteiger partial charge >= 0.3 is 6.03 Å². The van der Waals surface area contributed by atoms with Crippen molar-refractivity contribution in [2.45, 2.75) is 50.2 Å². The third-order valence-electron chi connectivity index (χ3n) is 5.65. The van der Waals surface area contributed by atoms with Crippen LogP contribution in [-0.4, -0.2) is 54.6 Å². The van der Waals surface area contributed by atoms with Crippen LogP contribution in [0.1, 0.15) is 32.1 Å². The van der Waals surface area contributed by atoms with Gasteiger partial charge in [-0.05, 0) is 50.3 Å². The number of carbonyl (C=O) groups excluding carboxylic acids is 2. The summed E-state index contributed by atoms with van der Waals surface area (Å²) in [6.07, 6.45) is 4.99. The predicted octanol–water partition coefficient (Wildman–Crippen LogP) is 2.51. The molecule has 2 aliphatic heterocycles. The standard InChI is InChI=1S/C19H24ClFN4O2/c20-15-4-3-14(11-16(15)21)25-10-7-17(18(25)26)23-19(27)22-12-5-8-24(9-6-12)13-1-2-13/h3-4,11-13,17H,1-2,5-10H2,(H2,22,23,27). The van der Waals surface area contributed by atoms with Crippen molar-refractivity contribution in [3.05, 3.63) is 29.0 Å². The first-order chi connectivity index (χ1) is 13.0. The van der Waals surface area contributed by atoms with Crippen molar-refractivity contribution in [1.82, 2.24) is 15.5 Å². The number of halogens is 2. The highest BCUT2D eigenvalue weighted by atomic mass is 35.5. The molecule has 2 saturated heterocycles. The molecule has 3 aliphatic rings. The SMILES string of the molecule is O=C(NC1CCN(C2CC2)CC1)NC1CCN(c2ccc(Cl)c(F)c2)C1=O. The Bertz CT molecular complexity index is 734. The molecule has 0 spiro atoms. The first-order valence-electron chi connectivity index (χ1n) is 9.59. The highest BCUT2D eigenvalue weighted by Gasteiger charge is 2.35. The lowest BCUT2D eigenvalue weighted by Gasteiger charge is -2.32. The molecule has 1 unspecified atom stereocenters. The molecule has 0 aromatic heterocycles. The van der Waals surface area contributed by atoms with E-state index in [1.54, 1.807) is 6.07 Å². The molecule has 1 atom stereocenters. The Balaban J connectivity index is 1.27. The fraction of sp³-hybridized carbons (Fsp3) is 0.579. The number of nitrogens with zero attached hydrogens (tertiary/aromatic N) is 2. The monoisotopic (exact) mass is 394 g/mol. The van der Waals surface area contributed by atoms with E-state index in [0.29, 0.717) is 18.7 Å². The lowest BCUT2D eigenvalue weighted by Crippen LogP contribution is -2.51. The van der Waals surface area contributed by atoms with Crippen molar-refractivity contribution in [2.75, 3.05) is 24.5 Å². The first-order valence-corrected chi connectivity index (χ1v) is 9.96. The number of anilines is 1. The predicted molar refractivity (Wildman–Crippen MR) is 101 cm³/mol. The number of urea groups is 1. The van der Waals surface area contributed by atoms with Gasteiger partial charge in [0.25, 0.3) is 0 Å². The van der Waals surface area contributed by atoms with Crippen molar-refractivity contribution in [3.63, 3.8) is 0 Å². The molecule has 3 fully saturated rings. The van der Waals surface area contributed by atoms with Gasteiger partial charge in [0.05, 0.1) is 5.02 Å². The summed E-state index contributed by atoms with van der Waals surface area (Å²) in [5.74, 6) is -0.788. The normalized spacial score (nSPS) is 24.3. The van der Waals surface area contributed by atoms with Crippen molar-refractivity contribution in [2.24, 2.45) is 0 Å². The lowest BCUT2D eigenvalue weighted by atomic mass is 10.1. The van der Waals surface area contributed by atoms with E-state index in [9.17, 15) is 14.0 Å². The smallest absolute Gasteiger partial charge is 0.315 e. The number of rotatable bonds is 4. The molecule has 1 aliphatic carbocycles. The van der Waals surface area contributed by atoms with E-state index in [0.717, 1.165) is 32.0 Å². The molecule has 1 aromatic rings. The Morgan fingerprint density at radius 2 is 1.81 bits per heavy atom. The molecule has 4 rings (SSSR count). The van der Waals surface area contributed by atoms with Crippen LogP contribution in [0.4, 0.5) is 14.9 Å². The third kappa shape index (κ3) is 4.19. The van der Waals surface area contributed by atoms with Gasteiger partial charge in [-0.2, -0.15) is 0 Å². The van der Waals surface area contributed by atoms with E-state index < -0.39 is 11.9 Å². The highest BCUT2D eigenvalue weighted by Crippen LogP contribution is 2.29. The van der Waals surface area contributed by atoms with E-state index in [2.05, 4.69) is 15.5 Å². The number of piperidine rings is 1. The Labute approximate surface area is 163 Å². The minimum atomic E-state index is -0.588. The van der Waals surface area contributed by atoms with Crippen molar-refractivity contribution >= 4 is 29.2 Å². The zero-order valence-electron chi connectivity index (χ0n) is 15.1. The summed E-state index contributed by atoms with van der Waals surface area (Å²) in [7, 11) is 0. The maximum Gasteiger partial charge on any atom is 0.315 e. The van der Waals surface area contributed by atoms with Gasteiger partial charge in [-0.15, -0.1) is 0 Å². The highest BCUT2D eigenvalue weighted by molar-refractivity contribution is 6.30. The summed E-state index contributed by atoms with van der Waals surface area (Å²) in [6.45, 7) is 2.48. The molecule has 8 heteroatoms. The molecule has 0 radical (unpaired) electrons. The van der Waals surface area contributed by atoms with E-state index in [1.165, 1.54) is 29.9 Å². The molecular formula is C19H24ClFN4O2. The Morgan fingerprint density at radius 3 is 2.48 bits per heavy atom. The Hall–Kier alpha value is -1.86. The van der Waals surface area contributed by atoms with Gasteiger partial charge in [0.15, 0.2) is 0 Å². The number of hydrogen-bond donors (Lipinski definition) is 2. The minimum absolute atomic E-state index is 0.0205. The van der Waals surface area contributed by atoms with Crippen molar-refractivity contribution < 1.29 is 14.0 Å². The molecule has 1 saturated carbocycles. The molecule has 0 bridgehead atoms. The topological polar surface area (TPSA) is 64.7 Å². The largest absolute Gasteiger partial charge is 0.335 e. The summed E-state index contributed by atoms with van der Waals surface area (Å²) < 4.78 is 13.7. The molecule has 146 valence electrons. The van der Waals surface area contributed by atoms with Crippen LogP contribution in [0.2, 0.25) is 5.02 Å². The van der Waals surface area contributed by atoms with Gasteiger partial charge in [-0.25, -0.2) is 9.18 Å². The van der Waals surface area contributed by atoms with Crippen LogP contribution in [0.15, 0.2) is 18.2 Å². The van der Waals surface area contributed by atoms with Crippen LogP contribution in [0, 0.1) is 5.82 Å². The van der Waals surface area contributed by atoms with Crippen LogP contribution in [0.5, 0.6) is 0 Å². The summed E-state index contributed by atoms with van der Waals surface area (Å²) in [4.78, 5) is 28.9. The van der Waals surface area contributed by atoms with Crippen LogP contribution < -0.4 is 15.5 Å². The molecule has 1 aromatic carbocycles. The third-order valence-corrected chi connectivity index (χ3v) is 5.96. The molecule has 2 N–H and O–H groups in total. The van der Waals surface area contributed by atoms with E-state index in [-0.39, 0.29) is 23.0 Å². The molecule has 6 nitrogen and oxygen atoms in total. The molecule has 27 heavy (non-hydrogen) atoms. The van der Waals surface area contributed by atoms with Gasteiger partial charge in [0.2, 0.25) is 5.91 Å². The summed E-state index contributed by atoms with van der Waals surface area (Å²) in [6, 6.07) is 4.31. The van der Waals surface area contributed by atoms with Crippen LogP contribution in [-0.2, 0) is 4.79 Å². The van der Waals surface area contributed by atoms with Crippen LogP contribution in [0.25, 0.3) is 0 Å². The average molecular weight is 395 g/mol. The van der Waals surface area contributed by atoms with E-state index >= 15 is 0 Å². The average Bonchev–Trinajstić information content (AvgIpc) is 3.44. The molecular weight excluding hydrogens is 371 g/mol. The first kappa shape index (κ1) is 18.5. The maximum atomic E-state index is 13.7. The number of benzene rings is 1. The maximum absolute atomic E-state index is 13.7. The number of likely N-dealkylation sites (tertiary alicyclic amines) is 1. The lowest BCUT2D eigenvalue weighted by molar-refractivity contribution is -0.118. The van der Waals surface area contributed by atoms with Crippen LogP contribution >= 0.6 is 11.6 Å². The van der Waals surface area contributed by atoms with Gasteiger partial charge in [0, 0.05) is 37.4 Å². The van der Waals surface area contributed by atoms with Crippen molar-refractivity contribution in [3.8, 4) is 0 Å². The number of hydrogen-bond acceptors (Lipinski definition) is 3. The number of amides is 3. The Morgan fingerprint density at radius 1 is 1.07 bits per heavy atom. The summed E-state index contributed by atoms with van der Waals surface area (Å²) in [5.41, 5.74) is 0.457. The van der Waals surface area contributed by atoms with Gasteiger partial charge in [-0.3, -0.25) is 4.79 Å². The van der Waals surface area contributed by atoms with Crippen LogP contribution in [0.3, 0.4) is 0 Å². The fourth-order valence-electron chi connectivity index (χ4n) is 3.96. The van der Waals surface area contributed by atoms with Gasteiger partial charge in [-0.1, -0.05) is 11.6 Å². The quantitative estimate of drug-likeness (QED) is 0.824. The Kier molecular flexibility index (Phi) is 5.23.